The highest BCUT2D eigenvalue weighted by Gasteiger charge is 2.13. The molecular formula is C13H17BBr2O2. The lowest BCUT2D eigenvalue weighted by molar-refractivity contribution is 0.228. The van der Waals surface area contributed by atoms with Gasteiger partial charge in [0.25, 0.3) is 0 Å². The fraction of sp³-hybridized carbons (Fsp3) is 0.385. The van der Waals surface area contributed by atoms with Crippen LogP contribution in [-0.4, -0.2) is 31.0 Å². The number of halogens is 2. The molecule has 0 radical (unpaired) electrons. The van der Waals surface area contributed by atoms with Crippen LogP contribution in [0.3, 0.4) is 0 Å². The molecule has 0 saturated heterocycles. The molecule has 2 nitrogen and oxygen atoms in total. The van der Waals surface area contributed by atoms with Gasteiger partial charge in [-0.15, -0.1) is 0 Å². The van der Waals surface area contributed by atoms with Gasteiger partial charge >= 0.3 is 7.12 Å². The van der Waals surface area contributed by atoms with E-state index in [2.05, 4.69) is 63.0 Å². The van der Waals surface area contributed by atoms with E-state index in [1.165, 1.54) is 5.56 Å². The molecule has 0 aromatic heterocycles. The highest BCUT2D eigenvalue weighted by Crippen LogP contribution is 2.06. The molecule has 0 N–H and O–H groups in total. The van der Waals surface area contributed by atoms with Crippen molar-refractivity contribution < 1.29 is 9.31 Å². The molecule has 1 aromatic rings. The molecule has 0 spiro atoms. The lowest BCUT2D eigenvalue weighted by Crippen LogP contribution is -2.22. The molecule has 18 heavy (non-hydrogen) atoms. The number of hydrogen-bond acceptors (Lipinski definition) is 2. The second-order valence-electron chi connectivity index (χ2n) is 3.76. The van der Waals surface area contributed by atoms with Crippen molar-refractivity contribution in [2.75, 3.05) is 23.9 Å². The van der Waals surface area contributed by atoms with Crippen molar-refractivity contribution in [3.8, 4) is 0 Å². The van der Waals surface area contributed by atoms with Crippen LogP contribution >= 0.6 is 31.9 Å². The molecular weight excluding hydrogens is 359 g/mol. The Labute approximate surface area is 126 Å². The molecule has 0 aliphatic carbocycles. The van der Waals surface area contributed by atoms with Gasteiger partial charge in [-0.05, 0) is 12.5 Å². The van der Waals surface area contributed by atoms with Crippen LogP contribution in [0.15, 0.2) is 30.2 Å². The molecule has 0 saturated carbocycles. The number of rotatable bonds is 8. The molecule has 0 amide bonds. The first-order chi connectivity index (χ1) is 8.76. The Bertz CT molecular complexity index is 347. The van der Waals surface area contributed by atoms with E-state index in [-0.39, 0.29) is 7.12 Å². The molecule has 0 unspecified atom stereocenters. The van der Waals surface area contributed by atoms with E-state index in [0.717, 1.165) is 16.2 Å². The highest BCUT2D eigenvalue weighted by atomic mass is 79.9. The molecule has 5 heteroatoms. The third-order valence-electron chi connectivity index (χ3n) is 2.24. The van der Waals surface area contributed by atoms with Crippen molar-refractivity contribution in [3.63, 3.8) is 0 Å². The average Bonchev–Trinajstić information content (AvgIpc) is 2.40. The van der Waals surface area contributed by atoms with Gasteiger partial charge in [0.05, 0.1) is 0 Å². The summed E-state index contributed by atoms with van der Waals surface area (Å²) < 4.78 is 11.1. The monoisotopic (exact) mass is 374 g/mol. The number of hydrogen-bond donors (Lipinski definition) is 0. The maximum absolute atomic E-state index is 5.56. The van der Waals surface area contributed by atoms with Gasteiger partial charge in [0.15, 0.2) is 0 Å². The first-order valence-corrected chi connectivity index (χ1v) is 8.10. The van der Waals surface area contributed by atoms with E-state index >= 15 is 0 Å². The number of aryl methyl sites for hydroxylation is 1. The van der Waals surface area contributed by atoms with Crippen molar-refractivity contribution in [1.82, 2.24) is 0 Å². The Hall–Kier alpha value is -0.0951. The first-order valence-electron chi connectivity index (χ1n) is 5.86. The van der Waals surface area contributed by atoms with Crippen LogP contribution < -0.4 is 0 Å². The van der Waals surface area contributed by atoms with Crippen LogP contribution in [0.1, 0.15) is 11.1 Å². The first kappa shape index (κ1) is 16.0. The molecule has 0 atom stereocenters. The molecule has 1 aromatic carbocycles. The van der Waals surface area contributed by atoms with Crippen LogP contribution in [-0.2, 0) is 9.31 Å². The van der Waals surface area contributed by atoms with Crippen LogP contribution in [0.4, 0.5) is 0 Å². The third kappa shape index (κ3) is 6.73. The van der Waals surface area contributed by atoms with Crippen molar-refractivity contribution >= 4 is 45.1 Å². The van der Waals surface area contributed by atoms with E-state index in [9.17, 15) is 0 Å². The van der Waals surface area contributed by atoms with E-state index in [4.69, 9.17) is 9.31 Å². The maximum Gasteiger partial charge on any atom is 0.486 e. The highest BCUT2D eigenvalue weighted by molar-refractivity contribution is 9.09. The van der Waals surface area contributed by atoms with E-state index in [1.807, 2.05) is 12.1 Å². The van der Waals surface area contributed by atoms with Gasteiger partial charge in [0.1, 0.15) is 0 Å². The zero-order valence-corrected chi connectivity index (χ0v) is 13.6. The van der Waals surface area contributed by atoms with Crippen LogP contribution in [0, 0.1) is 6.92 Å². The number of benzene rings is 1. The summed E-state index contributed by atoms with van der Waals surface area (Å²) >= 11 is 6.67. The van der Waals surface area contributed by atoms with Gasteiger partial charge in [-0.2, -0.15) is 0 Å². The number of alkyl halides is 2. The summed E-state index contributed by atoms with van der Waals surface area (Å²) in [6, 6.07) is 8.34. The summed E-state index contributed by atoms with van der Waals surface area (Å²) in [5.41, 5.74) is 2.41. The lowest BCUT2D eigenvalue weighted by Gasteiger charge is -2.09. The standard InChI is InChI=1S/C13H17BBr2O2/c1-12-2-4-13(5-3-12)6-7-14(17-10-8-15)18-11-9-16/h2-7H,8-11H2,1H3/b7-6+. The Morgan fingerprint density at radius 1 is 1.06 bits per heavy atom. The molecule has 0 bridgehead atoms. The minimum absolute atomic E-state index is 0.290. The smallest absolute Gasteiger partial charge is 0.407 e. The molecule has 0 aliphatic heterocycles. The molecule has 1 rings (SSSR count). The topological polar surface area (TPSA) is 18.5 Å². The van der Waals surface area contributed by atoms with Crippen molar-refractivity contribution in [2.24, 2.45) is 0 Å². The molecule has 98 valence electrons. The van der Waals surface area contributed by atoms with Crippen LogP contribution in [0.25, 0.3) is 6.08 Å². The van der Waals surface area contributed by atoms with Crippen molar-refractivity contribution in [3.05, 3.63) is 41.4 Å². The summed E-state index contributed by atoms with van der Waals surface area (Å²) in [6.45, 7) is 3.34. The van der Waals surface area contributed by atoms with E-state index in [0.29, 0.717) is 13.2 Å². The fourth-order valence-corrected chi connectivity index (χ4v) is 1.72. The summed E-state index contributed by atoms with van der Waals surface area (Å²) in [6.07, 6.45) is 2.02. The van der Waals surface area contributed by atoms with Gasteiger partial charge < -0.3 is 9.31 Å². The fourth-order valence-electron chi connectivity index (χ4n) is 1.35. The van der Waals surface area contributed by atoms with Gasteiger partial charge in [0, 0.05) is 23.9 Å². The SMILES string of the molecule is Cc1ccc(/C=C/B(OCCBr)OCCBr)cc1. The van der Waals surface area contributed by atoms with Crippen molar-refractivity contribution in [1.29, 1.82) is 0 Å². The average molecular weight is 376 g/mol. The van der Waals surface area contributed by atoms with Gasteiger partial charge in [-0.25, -0.2) is 0 Å². The van der Waals surface area contributed by atoms with E-state index < -0.39 is 0 Å². The minimum atomic E-state index is -0.290. The van der Waals surface area contributed by atoms with Gasteiger partial charge in [0.2, 0.25) is 0 Å². The largest absolute Gasteiger partial charge is 0.486 e. The summed E-state index contributed by atoms with van der Waals surface area (Å²) in [5.74, 6) is 1.94. The molecule has 0 aliphatic rings. The van der Waals surface area contributed by atoms with Crippen LogP contribution in [0.5, 0.6) is 0 Å². The Balaban J connectivity index is 2.54. The van der Waals surface area contributed by atoms with Crippen molar-refractivity contribution in [2.45, 2.75) is 6.92 Å². The predicted molar refractivity (Wildman–Crippen MR) is 85.5 cm³/mol. The van der Waals surface area contributed by atoms with Gasteiger partial charge in [-0.1, -0.05) is 73.7 Å². The third-order valence-corrected chi connectivity index (χ3v) is 2.89. The summed E-state index contributed by atoms with van der Waals surface area (Å²) in [4.78, 5) is 0. The predicted octanol–water partition coefficient (Wildman–Crippen LogP) is 3.86. The summed E-state index contributed by atoms with van der Waals surface area (Å²) in [7, 11) is -0.290. The Morgan fingerprint density at radius 3 is 2.11 bits per heavy atom. The zero-order valence-electron chi connectivity index (χ0n) is 10.4. The Morgan fingerprint density at radius 2 is 1.61 bits per heavy atom. The van der Waals surface area contributed by atoms with Gasteiger partial charge in [-0.3, -0.25) is 0 Å². The normalized spacial score (nSPS) is 11.1. The second-order valence-corrected chi connectivity index (χ2v) is 5.34. The zero-order chi connectivity index (χ0) is 13.2. The maximum atomic E-state index is 5.56. The minimum Gasteiger partial charge on any atom is -0.407 e. The van der Waals surface area contributed by atoms with E-state index in [1.54, 1.807) is 0 Å². The quantitative estimate of drug-likeness (QED) is 0.507. The Kier molecular flexibility index (Phi) is 8.68. The van der Waals surface area contributed by atoms with Crippen LogP contribution in [0.2, 0.25) is 0 Å². The second kappa shape index (κ2) is 9.79. The summed E-state index contributed by atoms with van der Waals surface area (Å²) in [5, 5.41) is 1.61. The molecule has 0 fully saturated rings. The lowest BCUT2D eigenvalue weighted by atomic mass is 9.88. The molecule has 0 heterocycles.